The quantitative estimate of drug-likeness (QED) is 0.425. The van der Waals surface area contributed by atoms with E-state index in [0.29, 0.717) is 16.4 Å². The van der Waals surface area contributed by atoms with Gasteiger partial charge >= 0.3 is 0 Å². The van der Waals surface area contributed by atoms with Crippen LogP contribution in [0.2, 0.25) is 5.02 Å². The number of carbonyl (C=O) groups is 1. The van der Waals surface area contributed by atoms with Gasteiger partial charge in [-0.25, -0.2) is 8.42 Å². The number of halogens is 1. The van der Waals surface area contributed by atoms with E-state index < -0.39 is 10.0 Å². The number of carbonyl (C=O) groups excluding carboxylic acids is 1. The van der Waals surface area contributed by atoms with Gasteiger partial charge in [-0.15, -0.1) is 0 Å². The zero-order valence-corrected chi connectivity index (χ0v) is 16.6. The second-order valence-corrected chi connectivity index (χ2v) is 8.43. The summed E-state index contributed by atoms with van der Waals surface area (Å²) in [7, 11) is -3.87. The Morgan fingerprint density at radius 2 is 1.66 bits per heavy atom. The Bertz CT molecular complexity index is 1280. The van der Waals surface area contributed by atoms with Crippen LogP contribution in [0.4, 0.5) is 11.4 Å². The molecule has 0 saturated carbocycles. The van der Waals surface area contributed by atoms with Crippen molar-refractivity contribution < 1.29 is 13.2 Å². The number of sulfonamides is 1. The van der Waals surface area contributed by atoms with Gasteiger partial charge in [0, 0.05) is 16.6 Å². The number of H-pyrrole nitrogens is 1. The first-order valence-corrected chi connectivity index (χ1v) is 10.5. The van der Waals surface area contributed by atoms with Crippen LogP contribution in [0.1, 0.15) is 10.5 Å². The maximum absolute atomic E-state index is 12.7. The molecule has 0 bridgehead atoms. The van der Waals surface area contributed by atoms with Crippen molar-refractivity contribution in [1.29, 1.82) is 0 Å². The minimum Gasteiger partial charge on any atom is -0.351 e. The lowest BCUT2D eigenvalue weighted by Crippen LogP contribution is -2.15. The Hall–Kier alpha value is -3.29. The fourth-order valence-corrected chi connectivity index (χ4v) is 4.25. The van der Waals surface area contributed by atoms with Gasteiger partial charge in [0.15, 0.2) is 0 Å². The number of fused-ring (bicyclic) bond motifs is 1. The molecule has 0 fully saturated rings. The van der Waals surface area contributed by atoms with E-state index in [1.54, 1.807) is 42.5 Å². The van der Waals surface area contributed by atoms with E-state index in [9.17, 15) is 13.2 Å². The van der Waals surface area contributed by atoms with Crippen LogP contribution in [0.5, 0.6) is 0 Å². The highest BCUT2D eigenvalue weighted by Gasteiger charge is 2.17. The topological polar surface area (TPSA) is 91.1 Å². The first kappa shape index (κ1) is 19.0. The standard InChI is InChI=1S/C21H16ClN3O3S/c22-17-9-2-4-11-19(17)25-29(27,28)16-8-5-7-15(13-16)23-21(26)20-12-14-6-1-3-10-18(14)24-20/h1-13,24-25H,(H,23,26). The third kappa shape index (κ3) is 4.11. The lowest BCUT2D eigenvalue weighted by Gasteiger charge is -2.11. The molecule has 0 aliphatic rings. The van der Waals surface area contributed by atoms with Gasteiger partial charge in [-0.05, 0) is 42.5 Å². The van der Waals surface area contributed by atoms with E-state index in [2.05, 4.69) is 15.0 Å². The summed E-state index contributed by atoms with van der Waals surface area (Å²) in [6.07, 6.45) is 0. The predicted octanol–water partition coefficient (Wildman–Crippen LogP) is 4.87. The van der Waals surface area contributed by atoms with E-state index in [1.807, 2.05) is 24.3 Å². The van der Waals surface area contributed by atoms with Gasteiger partial charge in [-0.2, -0.15) is 0 Å². The molecular formula is C21H16ClN3O3S. The molecule has 0 saturated heterocycles. The van der Waals surface area contributed by atoms with Crippen molar-refractivity contribution in [3.05, 3.63) is 89.6 Å². The van der Waals surface area contributed by atoms with E-state index in [4.69, 9.17) is 11.6 Å². The highest BCUT2D eigenvalue weighted by atomic mass is 35.5. The van der Waals surface area contributed by atoms with Crippen molar-refractivity contribution in [2.45, 2.75) is 4.90 Å². The first-order chi connectivity index (χ1) is 13.9. The Kier molecular flexibility index (Phi) is 5.00. The van der Waals surface area contributed by atoms with Gasteiger partial charge in [0.2, 0.25) is 0 Å². The summed E-state index contributed by atoms with van der Waals surface area (Å²) in [4.78, 5) is 15.6. The Morgan fingerprint density at radius 3 is 2.45 bits per heavy atom. The van der Waals surface area contributed by atoms with Crippen LogP contribution in [0, 0.1) is 0 Å². The average Bonchev–Trinajstić information content (AvgIpc) is 3.14. The Balaban J connectivity index is 1.56. The Labute approximate surface area is 172 Å². The molecule has 6 nitrogen and oxygen atoms in total. The molecule has 1 amide bonds. The molecule has 0 aliphatic carbocycles. The summed E-state index contributed by atoms with van der Waals surface area (Å²) in [5.41, 5.74) is 1.86. The number of hydrogen-bond donors (Lipinski definition) is 3. The zero-order chi connectivity index (χ0) is 20.4. The second kappa shape index (κ2) is 7.62. The SMILES string of the molecule is O=C(Nc1cccc(S(=O)(=O)Nc2ccccc2Cl)c1)c1cc2ccccc2[nH]1. The summed E-state index contributed by atoms with van der Waals surface area (Å²) in [5, 5.41) is 3.92. The number of rotatable bonds is 5. The normalized spacial score (nSPS) is 11.3. The fraction of sp³-hybridized carbons (Fsp3) is 0. The number of para-hydroxylation sites is 2. The summed E-state index contributed by atoms with van der Waals surface area (Å²) >= 11 is 6.03. The largest absolute Gasteiger partial charge is 0.351 e. The molecule has 0 atom stereocenters. The highest BCUT2D eigenvalue weighted by molar-refractivity contribution is 7.92. The van der Waals surface area contributed by atoms with Crippen LogP contribution >= 0.6 is 11.6 Å². The van der Waals surface area contributed by atoms with Crippen LogP contribution in [0.25, 0.3) is 10.9 Å². The molecule has 0 radical (unpaired) electrons. The van der Waals surface area contributed by atoms with E-state index >= 15 is 0 Å². The van der Waals surface area contributed by atoms with E-state index in [0.717, 1.165) is 10.9 Å². The number of hydrogen-bond acceptors (Lipinski definition) is 3. The number of nitrogens with one attached hydrogen (secondary N) is 3. The lowest BCUT2D eigenvalue weighted by atomic mass is 10.2. The third-order valence-corrected chi connectivity index (χ3v) is 5.99. The van der Waals surface area contributed by atoms with Gasteiger partial charge in [-0.3, -0.25) is 9.52 Å². The monoisotopic (exact) mass is 425 g/mol. The average molecular weight is 426 g/mol. The third-order valence-electron chi connectivity index (χ3n) is 4.29. The zero-order valence-electron chi connectivity index (χ0n) is 15.0. The lowest BCUT2D eigenvalue weighted by molar-refractivity contribution is 0.102. The van der Waals surface area contributed by atoms with Crippen LogP contribution in [-0.4, -0.2) is 19.3 Å². The molecule has 3 N–H and O–H groups in total. The van der Waals surface area contributed by atoms with E-state index in [-0.39, 0.29) is 16.5 Å². The molecular weight excluding hydrogens is 410 g/mol. The molecule has 1 aromatic heterocycles. The number of aromatic nitrogens is 1. The smallest absolute Gasteiger partial charge is 0.272 e. The Morgan fingerprint density at radius 1 is 0.897 bits per heavy atom. The van der Waals surface area contributed by atoms with Crippen LogP contribution < -0.4 is 10.0 Å². The van der Waals surface area contributed by atoms with Gasteiger partial charge in [0.25, 0.3) is 15.9 Å². The maximum Gasteiger partial charge on any atom is 0.272 e. The molecule has 146 valence electrons. The first-order valence-electron chi connectivity index (χ1n) is 8.69. The van der Waals surface area contributed by atoms with E-state index in [1.165, 1.54) is 12.1 Å². The van der Waals surface area contributed by atoms with Gasteiger partial charge < -0.3 is 10.3 Å². The maximum atomic E-state index is 12.7. The van der Waals surface area contributed by atoms with Gasteiger partial charge in [0.1, 0.15) is 5.69 Å². The molecule has 29 heavy (non-hydrogen) atoms. The van der Waals surface area contributed by atoms with Gasteiger partial charge in [0.05, 0.1) is 15.6 Å². The highest BCUT2D eigenvalue weighted by Crippen LogP contribution is 2.25. The molecule has 4 rings (SSSR count). The minimum atomic E-state index is -3.87. The van der Waals surface area contributed by atoms with Crippen molar-refractivity contribution in [3.8, 4) is 0 Å². The van der Waals surface area contributed by atoms with Crippen LogP contribution in [-0.2, 0) is 10.0 Å². The van der Waals surface area contributed by atoms with Crippen molar-refractivity contribution in [2.24, 2.45) is 0 Å². The fourth-order valence-electron chi connectivity index (χ4n) is 2.88. The summed E-state index contributed by atoms with van der Waals surface area (Å²) in [5.74, 6) is -0.366. The van der Waals surface area contributed by atoms with Gasteiger partial charge in [-0.1, -0.05) is 48.0 Å². The number of aromatic amines is 1. The number of amides is 1. The summed E-state index contributed by atoms with van der Waals surface area (Å²) in [6.45, 7) is 0. The van der Waals surface area contributed by atoms with Crippen molar-refractivity contribution >= 4 is 49.8 Å². The molecule has 0 unspecified atom stereocenters. The molecule has 3 aromatic carbocycles. The van der Waals surface area contributed by atoms with Crippen LogP contribution in [0.3, 0.4) is 0 Å². The van der Waals surface area contributed by atoms with Crippen molar-refractivity contribution in [3.63, 3.8) is 0 Å². The molecule has 8 heteroatoms. The molecule has 0 aliphatic heterocycles. The second-order valence-electron chi connectivity index (χ2n) is 6.34. The van der Waals surface area contributed by atoms with Crippen LogP contribution in [0.15, 0.2) is 83.8 Å². The minimum absolute atomic E-state index is 0.00636. The molecule has 4 aromatic rings. The number of benzene rings is 3. The predicted molar refractivity (Wildman–Crippen MR) is 115 cm³/mol. The molecule has 0 spiro atoms. The number of anilines is 2. The summed E-state index contributed by atoms with van der Waals surface area (Å²) in [6, 6.07) is 21.8. The van der Waals surface area contributed by atoms with Crippen molar-refractivity contribution in [2.75, 3.05) is 10.0 Å². The summed E-state index contributed by atoms with van der Waals surface area (Å²) < 4.78 is 27.8. The van der Waals surface area contributed by atoms with Crippen molar-refractivity contribution in [1.82, 2.24) is 4.98 Å². The molecule has 1 heterocycles.